The third-order valence-corrected chi connectivity index (χ3v) is 5.53. The summed E-state index contributed by atoms with van der Waals surface area (Å²) in [6.07, 6.45) is 7.37. The molecule has 1 aliphatic heterocycles. The second-order valence-corrected chi connectivity index (χ2v) is 7.68. The van der Waals surface area contributed by atoms with Crippen LogP contribution in [0.1, 0.15) is 23.7 Å². The number of rotatable bonds is 7. The first-order valence-corrected chi connectivity index (χ1v) is 10.4. The molecular formula is C23H21ClN4O4. The number of pyridine rings is 1. The summed E-state index contributed by atoms with van der Waals surface area (Å²) in [4.78, 5) is 35.9. The van der Waals surface area contributed by atoms with Crippen LogP contribution in [-0.4, -0.2) is 49.9 Å². The second kappa shape index (κ2) is 9.23. The lowest BCUT2D eigenvalue weighted by atomic mass is 9.98. The van der Waals surface area contributed by atoms with Crippen LogP contribution in [0.3, 0.4) is 0 Å². The van der Waals surface area contributed by atoms with Crippen molar-refractivity contribution in [3.8, 4) is 5.75 Å². The molecule has 8 nitrogen and oxygen atoms in total. The summed E-state index contributed by atoms with van der Waals surface area (Å²) in [7, 11) is 1.45. The molecule has 2 aromatic heterocycles. The number of methoxy groups -OCH3 is 1. The number of carbonyl (C=O) groups excluding carboxylic acids is 2. The number of benzene rings is 1. The number of nitrogens with zero attached hydrogens (tertiary/aromatic N) is 4. The van der Waals surface area contributed by atoms with Crippen molar-refractivity contribution in [2.24, 2.45) is 0 Å². The van der Waals surface area contributed by atoms with Crippen LogP contribution >= 0.6 is 11.6 Å². The van der Waals surface area contributed by atoms with E-state index in [4.69, 9.17) is 16.3 Å². The number of hydrogen-bond acceptors (Lipinski definition) is 6. The predicted molar refractivity (Wildman–Crippen MR) is 118 cm³/mol. The number of amides is 1. The lowest BCUT2D eigenvalue weighted by Crippen LogP contribution is -2.31. The average Bonchev–Trinajstić information content (AvgIpc) is 3.41. The molecule has 9 heteroatoms. The molecule has 3 aromatic rings. The third-order valence-electron chi connectivity index (χ3n) is 5.30. The lowest BCUT2D eigenvalue weighted by Gasteiger charge is -2.24. The van der Waals surface area contributed by atoms with E-state index < -0.39 is 17.7 Å². The number of Topliss-reactive ketones (excluding diaryl/α,β-unsaturated/α-hetero) is 1. The summed E-state index contributed by atoms with van der Waals surface area (Å²) in [5.41, 5.74) is 0.672. The molecule has 4 rings (SSSR count). The van der Waals surface area contributed by atoms with Crippen molar-refractivity contribution >= 4 is 29.1 Å². The van der Waals surface area contributed by atoms with E-state index >= 15 is 0 Å². The number of aromatic nitrogens is 3. The fourth-order valence-corrected chi connectivity index (χ4v) is 3.98. The zero-order valence-corrected chi connectivity index (χ0v) is 18.1. The van der Waals surface area contributed by atoms with Gasteiger partial charge in [-0.25, -0.2) is 4.98 Å². The quantitative estimate of drug-likeness (QED) is 0.335. The molecule has 1 aliphatic rings. The van der Waals surface area contributed by atoms with Crippen molar-refractivity contribution < 1.29 is 19.4 Å². The smallest absolute Gasteiger partial charge is 0.295 e. The van der Waals surface area contributed by atoms with E-state index in [9.17, 15) is 14.7 Å². The van der Waals surface area contributed by atoms with Gasteiger partial charge in [-0.15, -0.1) is 0 Å². The van der Waals surface area contributed by atoms with Gasteiger partial charge in [0.15, 0.2) is 0 Å². The Hall–Kier alpha value is -3.65. The van der Waals surface area contributed by atoms with Gasteiger partial charge in [0.1, 0.15) is 17.6 Å². The first kappa shape index (κ1) is 21.6. The summed E-state index contributed by atoms with van der Waals surface area (Å²) in [5.74, 6) is -1.48. The molecule has 1 amide bonds. The number of aliphatic hydroxyl groups excluding tert-OH is 1. The number of aliphatic hydroxyl groups is 1. The van der Waals surface area contributed by atoms with Crippen LogP contribution < -0.4 is 4.74 Å². The Bertz CT molecular complexity index is 1160. The highest BCUT2D eigenvalue weighted by atomic mass is 35.5. The molecule has 1 N–H and O–H groups in total. The maximum Gasteiger partial charge on any atom is 0.295 e. The van der Waals surface area contributed by atoms with Crippen molar-refractivity contribution in [1.82, 2.24) is 19.4 Å². The summed E-state index contributed by atoms with van der Waals surface area (Å²) in [6.45, 7) is 0.924. The van der Waals surface area contributed by atoms with Gasteiger partial charge in [0.25, 0.3) is 11.7 Å². The lowest BCUT2D eigenvalue weighted by molar-refractivity contribution is -0.140. The second-order valence-electron chi connectivity index (χ2n) is 7.25. The standard InChI is InChI=1S/C23H21ClN4O4/c1-32-18-7-6-15(24)13-16(18)21(29)19-20(17-5-2-3-8-26-17)28(23(31)22(19)30)11-4-10-27-12-9-25-14-27/h2-3,5-9,12-14,20,29H,4,10-11H2,1H3/t20-/m0/s1. The van der Waals surface area contributed by atoms with Crippen LogP contribution in [0.2, 0.25) is 5.02 Å². The van der Waals surface area contributed by atoms with Gasteiger partial charge in [-0.3, -0.25) is 14.6 Å². The number of aryl methyl sites for hydroxylation is 1. The van der Waals surface area contributed by atoms with Crippen LogP contribution in [0.15, 0.2) is 66.9 Å². The van der Waals surface area contributed by atoms with Crippen molar-refractivity contribution in [3.63, 3.8) is 0 Å². The van der Waals surface area contributed by atoms with E-state index in [1.54, 1.807) is 49.1 Å². The molecule has 0 bridgehead atoms. The Balaban J connectivity index is 1.76. The predicted octanol–water partition coefficient (Wildman–Crippen LogP) is 3.45. The topological polar surface area (TPSA) is 97.6 Å². The molecule has 1 saturated heterocycles. The number of ketones is 1. The van der Waals surface area contributed by atoms with Gasteiger partial charge >= 0.3 is 0 Å². The van der Waals surface area contributed by atoms with Gasteiger partial charge < -0.3 is 19.3 Å². The highest BCUT2D eigenvalue weighted by Gasteiger charge is 2.46. The number of halogens is 1. The van der Waals surface area contributed by atoms with E-state index in [2.05, 4.69) is 9.97 Å². The molecule has 0 radical (unpaired) electrons. The van der Waals surface area contributed by atoms with Gasteiger partial charge in [-0.05, 0) is 36.8 Å². The molecule has 3 heterocycles. The Morgan fingerprint density at radius 2 is 2.03 bits per heavy atom. The summed E-state index contributed by atoms with van der Waals surface area (Å²) in [6, 6.07) is 9.11. The minimum absolute atomic E-state index is 0.0445. The number of imidazole rings is 1. The van der Waals surface area contributed by atoms with E-state index in [1.807, 2.05) is 10.8 Å². The monoisotopic (exact) mass is 452 g/mol. The Morgan fingerprint density at radius 3 is 2.72 bits per heavy atom. The van der Waals surface area contributed by atoms with Crippen molar-refractivity contribution in [1.29, 1.82) is 0 Å². The van der Waals surface area contributed by atoms with Crippen molar-refractivity contribution in [2.75, 3.05) is 13.7 Å². The molecule has 1 atom stereocenters. The zero-order chi connectivity index (χ0) is 22.7. The normalized spacial score (nSPS) is 17.7. The van der Waals surface area contributed by atoms with E-state index in [0.717, 1.165) is 0 Å². The summed E-state index contributed by atoms with van der Waals surface area (Å²) >= 11 is 6.12. The van der Waals surface area contributed by atoms with Gasteiger partial charge in [0, 0.05) is 36.7 Å². The Morgan fingerprint density at radius 1 is 1.19 bits per heavy atom. The Labute approximate surface area is 189 Å². The highest BCUT2D eigenvalue weighted by Crippen LogP contribution is 2.40. The molecule has 0 unspecified atom stereocenters. The van der Waals surface area contributed by atoms with Crippen LogP contribution in [0.4, 0.5) is 0 Å². The molecule has 1 fully saturated rings. The molecule has 32 heavy (non-hydrogen) atoms. The maximum absolute atomic E-state index is 13.1. The van der Waals surface area contributed by atoms with E-state index in [-0.39, 0.29) is 16.9 Å². The molecule has 0 saturated carbocycles. The van der Waals surface area contributed by atoms with Gasteiger partial charge in [-0.1, -0.05) is 17.7 Å². The maximum atomic E-state index is 13.1. The Kier molecular flexibility index (Phi) is 6.23. The fraction of sp³-hybridized carbons (Fsp3) is 0.217. The SMILES string of the molecule is COc1ccc(Cl)cc1C(O)=C1C(=O)C(=O)N(CCCn2ccnc2)[C@H]1c1ccccn1. The first-order valence-electron chi connectivity index (χ1n) is 10.00. The largest absolute Gasteiger partial charge is 0.507 e. The van der Waals surface area contributed by atoms with Crippen LogP contribution in [0, 0.1) is 0 Å². The molecular weight excluding hydrogens is 432 g/mol. The zero-order valence-electron chi connectivity index (χ0n) is 17.3. The van der Waals surface area contributed by atoms with E-state index in [0.29, 0.717) is 36.0 Å². The van der Waals surface area contributed by atoms with Gasteiger partial charge in [0.05, 0.1) is 30.3 Å². The van der Waals surface area contributed by atoms with Crippen LogP contribution in [0.25, 0.3) is 5.76 Å². The third kappa shape index (κ3) is 4.09. The molecule has 0 spiro atoms. The van der Waals surface area contributed by atoms with Crippen molar-refractivity contribution in [2.45, 2.75) is 19.0 Å². The van der Waals surface area contributed by atoms with Crippen molar-refractivity contribution in [3.05, 3.63) is 83.2 Å². The minimum atomic E-state index is -0.831. The number of likely N-dealkylation sites (tertiary alicyclic amines) is 1. The van der Waals surface area contributed by atoms with Gasteiger partial charge in [-0.2, -0.15) is 0 Å². The van der Waals surface area contributed by atoms with Gasteiger partial charge in [0.2, 0.25) is 0 Å². The minimum Gasteiger partial charge on any atom is -0.507 e. The number of hydrogen-bond donors (Lipinski definition) is 1. The summed E-state index contributed by atoms with van der Waals surface area (Å²) < 4.78 is 7.22. The number of ether oxygens (including phenoxy) is 1. The molecule has 0 aliphatic carbocycles. The number of carbonyl (C=O) groups is 2. The molecule has 1 aromatic carbocycles. The summed E-state index contributed by atoms with van der Waals surface area (Å²) in [5, 5.41) is 11.5. The first-order chi connectivity index (χ1) is 15.5. The van der Waals surface area contributed by atoms with Crippen LogP contribution in [-0.2, 0) is 16.1 Å². The average molecular weight is 453 g/mol. The highest BCUT2D eigenvalue weighted by molar-refractivity contribution is 6.46. The fourth-order valence-electron chi connectivity index (χ4n) is 3.81. The van der Waals surface area contributed by atoms with E-state index in [1.165, 1.54) is 18.1 Å². The molecule has 164 valence electrons. The van der Waals surface area contributed by atoms with Crippen LogP contribution in [0.5, 0.6) is 5.75 Å².